The molecule has 0 bridgehead atoms. The van der Waals surface area contributed by atoms with Crippen LogP contribution in [-0.2, 0) is 9.47 Å². The summed E-state index contributed by atoms with van der Waals surface area (Å²) in [5.41, 5.74) is 0. The molecule has 0 aliphatic carbocycles. The third-order valence-electron chi connectivity index (χ3n) is 4.18. The van der Waals surface area contributed by atoms with Gasteiger partial charge in [0.25, 0.3) is 0 Å². The average molecular weight is 304 g/mol. The minimum Gasteiger partial charge on any atom is -0.360 e. The summed E-state index contributed by atoms with van der Waals surface area (Å²) in [7, 11) is 3.85. The fraction of sp³-hybridized carbons (Fsp3) is 0.158. The van der Waals surface area contributed by atoms with Crippen molar-refractivity contribution in [2.24, 2.45) is 0 Å². The Balaban J connectivity index is 1.97. The van der Waals surface area contributed by atoms with E-state index in [0.29, 0.717) is 9.52 Å². The molecule has 0 saturated carbocycles. The van der Waals surface area contributed by atoms with E-state index in [-0.39, 0.29) is 5.91 Å². The molecule has 108 valence electrons. The van der Waals surface area contributed by atoms with Crippen LogP contribution >= 0.6 is 0 Å². The first-order valence-corrected chi connectivity index (χ1v) is 8.37. The number of rotatable bonds is 4. The molecule has 0 unspecified atom stereocenters. The van der Waals surface area contributed by atoms with E-state index in [2.05, 4.69) is 54.6 Å². The van der Waals surface area contributed by atoms with Crippen LogP contribution in [-0.4, -0.2) is 29.7 Å². The normalized spacial score (nSPS) is 12.1. The Bertz CT molecular complexity index is 880. The first kappa shape index (κ1) is 13.7. The summed E-state index contributed by atoms with van der Waals surface area (Å²) in [6.07, 6.45) is 0. The fourth-order valence-corrected chi connectivity index (χ4v) is 4.17. The minimum atomic E-state index is -0.173. The molecule has 0 aromatic heterocycles. The van der Waals surface area contributed by atoms with Gasteiger partial charge in [-0.2, -0.15) is 0 Å². The maximum Gasteiger partial charge on any atom is 0.157 e. The molecule has 0 amide bonds. The molecule has 0 aliphatic rings. The van der Waals surface area contributed by atoms with Gasteiger partial charge in [0.05, 0.1) is 0 Å². The van der Waals surface area contributed by atoms with Crippen molar-refractivity contribution in [2.75, 3.05) is 14.2 Å². The quantitative estimate of drug-likeness (QED) is 0.326. The van der Waals surface area contributed by atoms with Crippen LogP contribution in [0.25, 0.3) is 32.3 Å². The number of hydrogen-bond acceptors (Lipinski definition) is 2. The van der Waals surface area contributed by atoms with Gasteiger partial charge in [0, 0.05) is 14.2 Å². The summed E-state index contributed by atoms with van der Waals surface area (Å²) in [5, 5.41) is 9.16. The standard InChI is InChI=1S/C19H16O2Si/c1-20-19(21-2)22-16-10-14-8-6-12-4-3-5-13-7-9-15(11-16)18(14)17(12)13/h3-11,19H,1-2H3. The van der Waals surface area contributed by atoms with Gasteiger partial charge in [-0.15, -0.1) is 0 Å². The molecular weight excluding hydrogens is 288 g/mol. The molecular formula is C19H16O2Si. The number of hydrogen-bond donors (Lipinski definition) is 0. The van der Waals surface area contributed by atoms with Crippen molar-refractivity contribution < 1.29 is 9.47 Å². The monoisotopic (exact) mass is 304 g/mol. The minimum absolute atomic E-state index is 0.173. The maximum atomic E-state index is 5.34. The Morgan fingerprint density at radius 1 is 0.727 bits per heavy atom. The van der Waals surface area contributed by atoms with Crippen molar-refractivity contribution in [3.63, 3.8) is 0 Å². The molecule has 0 spiro atoms. The molecule has 0 heterocycles. The molecule has 3 heteroatoms. The number of methoxy groups -OCH3 is 2. The van der Waals surface area contributed by atoms with Gasteiger partial charge in [0.15, 0.2) is 9.52 Å². The van der Waals surface area contributed by atoms with Crippen molar-refractivity contribution in [1.82, 2.24) is 0 Å². The maximum absolute atomic E-state index is 5.34. The van der Waals surface area contributed by atoms with Crippen molar-refractivity contribution in [3.05, 3.63) is 54.6 Å². The fourth-order valence-electron chi connectivity index (χ4n) is 3.19. The van der Waals surface area contributed by atoms with Gasteiger partial charge in [0.1, 0.15) is 5.91 Å². The van der Waals surface area contributed by atoms with Gasteiger partial charge in [-0.05, 0) is 32.3 Å². The van der Waals surface area contributed by atoms with Gasteiger partial charge >= 0.3 is 0 Å². The summed E-state index contributed by atoms with van der Waals surface area (Å²) in [6, 6.07) is 19.9. The van der Waals surface area contributed by atoms with E-state index in [1.807, 2.05) is 0 Å². The van der Waals surface area contributed by atoms with Crippen LogP contribution in [0.2, 0.25) is 0 Å². The third kappa shape index (κ3) is 2.10. The van der Waals surface area contributed by atoms with Gasteiger partial charge < -0.3 is 9.47 Å². The van der Waals surface area contributed by atoms with Gasteiger partial charge in [-0.1, -0.05) is 59.8 Å². The highest BCUT2D eigenvalue weighted by molar-refractivity contribution is 6.55. The zero-order valence-corrected chi connectivity index (χ0v) is 13.6. The van der Waals surface area contributed by atoms with E-state index in [4.69, 9.17) is 9.47 Å². The molecule has 2 nitrogen and oxygen atoms in total. The zero-order chi connectivity index (χ0) is 15.1. The molecule has 0 aliphatic heterocycles. The Hall–Kier alpha value is -1.94. The number of benzene rings is 4. The van der Waals surface area contributed by atoms with Crippen molar-refractivity contribution in [3.8, 4) is 0 Å². The van der Waals surface area contributed by atoms with Crippen molar-refractivity contribution in [1.29, 1.82) is 0 Å². The van der Waals surface area contributed by atoms with E-state index >= 15 is 0 Å². The third-order valence-corrected chi connectivity index (χ3v) is 5.50. The molecule has 0 N–H and O–H groups in total. The molecule has 4 rings (SSSR count). The molecule has 22 heavy (non-hydrogen) atoms. The van der Waals surface area contributed by atoms with E-state index < -0.39 is 0 Å². The number of ether oxygens (including phenoxy) is 2. The summed E-state index contributed by atoms with van der Waals surface area (Å²) in [4.78, 5) is 0. The van der Waals surface area contributed by atoms with Crippen LogP contribution in [0.15, 0.2) is 54.6 Å². The van der Waals surface area contributed by atoms with Crippen LogP contribution in [0, 0.1) is 0 Å². The lowest BCUT2D eigenvalue weighted by atomic mass is 9.94. The Morgan fingerprint density at radius 3 is 1.77 bits per heavy atom. The first-order chi connectivity index (χ1) is 10.8. The molecule has 4 aromatic rings. The van der Waals surface area contributed by atoms with Crippen LogP contribution in [0.1, 0.15) is 0 Å². The summed E-state index contributed by atoms with van der Waals surface area (Å²) >= 11 is 0. The topological polar surface area (TPSA) is 18.5 Å². The van der Waals surface area contributed by atoms with E-state index in [1.165, 1.54) is 37.5 Å². The van der Waals surface area contributed by atoms with Gasteiger partial charge in [0.2, 0.25) is 0 Å². The second kappa shape index (κ2) is 5.36. The highest BCUT2D eigenvalue weighted by atomic mass is 28.2. The van der Waals surface area contributed by atoms with Gasteiger partial charge in [-0.3, -0.25) is 0 Å². The van der Waals surface area contributed by atoms with E-state index in [9.17, 15) is 0 Å². The predicted molar refractivity (Wildman–Crippen MR) is 93.3 cm³/mol. The summed E-state index contributed by atoms with van der Waals surface area (Å²) in [6.45, 7) is 0. The van der Waals surface area contributed by atoms with Crippen LogP contribution in [0.4, 0.5) is 0 Å². The summed E-state index contributed by atoms with van der Waals surface area (Å²) < 4.78 is 10.7. The first-order valence-electron chi connectivity index (χ1n) is 7.30. The lowest BCUT2D eigenvalue weighted by Crippen LogP contribution is -2.31. The molecule has 4 aromatic carbocycles. The molecule has 2 radical (unpaired) electrons. The highest BCUT2D eigenvalue weighted by Crippen LogP contribution is 2.33. The van der Waals surface area contributed by atoms with Crippen LogP contribution in [0.3, 0.4) is 0 Å². The lowest BCUT2D eigenvalue weighted by molar-refractivity contribution is -0.0429. The molecule has 0 atom stereocenters. The average Bonchev–Trinajstić information content (AvgIpc) is 2.57. The van der Waals surface area contributed by atoms with Crippen molar-refractivity contribution >= 4 is 47.0 Å². The lowest BCUT2D eigenvalue weighted by Gasteiger charge is -2.15. The van der Waals surface area contributed by atoms with Crippen molar-refractivity contribution in [2.45, 2.75) is 5.91 Å². The Morgan fingerprint density at radius 2 is 1.23 bits per heavy atom. The van der Waals surface area contributed by atoms with Crippen LogP contribution in [0.5, 0.6) is 0 Å². The largest absolute Gasteiger partial charge is 0.360 e. The second-order valence-corrected chi connectivity index (χ2v) is 6.79. The van der Waals surface area contributed by atoms with Gasteiger partial charge in [-0.25, -0.2) is 0 Å². The predicted octanol–water partition coefficient (Wildman–Crippen LogP) is 3.49. The Kier molecular flexibility index (Phi) is 3.34. The zero-order valence-electron chi connectivity index (χ0n) is 12.6. The second-order valence-electron chi connectivity index (χ2n) is 5.46. The smallest absolute Gasteiger partial charge is 0.157 e. The SMILES string of the molecule is COC(OC)[Si]c1cc2ccc3cccc4ccc(c1)c2c34. The van der Waals surface area contributed by atoms with E-state index in [0.717, 1.165) is 0 Å². The highest BCUT2D eigenvalue weighted by Gasteiger charge is 2.12. The van der Waals surface area contributed by atoms with Crippen LogP contribution < -0.4 is 5.19 Å². The molecule has 0 fully saturated rings. The summed E-state index contributed by atoms with van der Waals surface area (Å²) in [5.74, 6) is -0.173. The van der Waals surface area contributed by atoms with E-state index in [1.54, 1.807) is 14.2 Å². The molecule has 0 saturated heterocycles. The Labute approximate surface area is 131 Å².